The highest BCUT2D eigenvalue weighted by Crippen LogP contribution is 2.40. The monoisotopic (exact) mass is 310 g/mol. The molecular weight excluding hydrogens is 288 g/mol. The van der Waals surface area contributed by atoms with Crippen LogP contribution in [-0.4, -0.2) is 25.0 Å². The minimum atomic E-state index is -0.666. The van der Waals surface area contributed by atoms with E-state index in [0.717, 1.165) is 24.8 Å². The van der Waals surface area contributed by atoms with Crippen LogP contribution in [0.15, 0.2) is 0 Å². The summed E-state index contributed by atoms with van der Waals surface area (Å²) in [5.41, 5.74) is 6.54. The van der Waals surface area contributed by atoms with Crippen molar-refractivity contribution in [2.24, 2.45) is 11.1 Å². The first-order valence-electron chi connectivity index (χ1n) is 7.24. The number of anilines is 1. The smallest absolute Gasteiger partial charge is 0.341 e. The molecule has 0 saturated heterocycles. The molecule has 0 unspecified atom stereocenters. The summed E-state index contributed by atoms with van der Waals surface area (Å²) in [5.74, 6) is -0.520. The van der Waals surface area contributed by atoms with Gasteiger partial charge in [-0.2, -0.15) is 0 Å². The van der Waals surface area contributed by atoms with Gasteiger partial charge in [0.2, 0.25) is 5.91 Å². The molecule has 1 aliphatic rings. The number of ether oxygens (including phenoxy) is 1. The van der Waals surface area contributed by atoms with Crippen molar-refractivity contribution < 1.29 is 14.3 Å². The Bertz CT molecular complexity index is 564. The van der Waals surface area contributed by atoms with Gasteiger partial charge in [-0.3, -0.25) is 4.79 Å². The van der Waals surface area contributed by atoms with Gasteiger partial charge in [0.05, 0.1) is 17.6 Å². The lowest BCUT2D eigenvalue weighted by atomic mass is 9.93. The molecule has 6 heteroatoms. The van der Waals surface area contributed by atoms with Crippen LogP contribution in [0.3, 0.4) is 0 Å². The van der Waals surface area contributed by atoms with E-state index in [1.165, 1.54) is 16.2 Å². The largest absolute Gasteiger partial charge is 0.462 e. The van der Waals surface area contributed by atoms with Crippen molar-refractivity contribution in [2.75, 3.05) is 18.5 Å². The third kappa shape index (κ3) is 3.11. The summed E-state index contributed by atoms with van der Waals surface area (Å²) in [7, 11) is 0. The minimum absolute atomic E-state index is 0.171. The number of amides is 1. The van der Waals surface area contributed by atoms with Crippen molar-refractivity contribution in [3.63, 3.8) is 0 Å². The lowest BCUT2D eigenvalue weighted by molar-refractivity contribution is -0.123. The fourth-order valence-corrected chi connectivity index (χ4v) is 3.55. The van der Waals surface area contributed by atoms with Crippen molar-refractivity contribution in [1.29, 1.82) is 0 Å². The highest BCUT2D eigenvalue weighted by Gasteiger charge is 2.31. The van der Waals surface area contributed by atoms with E-state index in [-0.39, 0.29) is 18.4 Å². The zero-order valence-electron chi connectivity index (χ0n) is 12.7. The van der Waals surface area contributed by atoms with Gasteiger partial charge in [0.1, 0.15) is 5.00 Å². The number of nitrogens with one attached hydrogen (secondary N) is 1. The number of carbonyl (C=O) groups is 2. The van der Waals surface area contributed by atoms with E-state index >= 15 is 0 Å². The Morgan fingerprint density at radius 1 is 1.38 bits per heavy atom. The molecule has 1 aromatic heterocycles. The van der Waals surface area contributed by atoms with Crippen LogP contribution in [0, 0.1) is 5.41 Å². The molecule has 0 radical (unpaired) electrons. The van der Waals surface area contributed by atoms with Crippen LogP contribution in [0.4, 0.5) is 5.00 Å². The second-order valence-electron chi connectivity index (χ2n) is 5.82. The molecule has 1 aliphatic carbocycles. The van der Waals surface area contributed by atoms with E-state index in [1.807, 2.05) is 0 Å². The van der Waals surface area contributed by atoms with E-state index in [2.05, 4.69) is 5.32 Å². The maximum atomic E-state index is 12.3. The molecular formula is C15H22N2O3S. The van der Waals surface area contributed by atoms with Crippen LogP contribution in [0.25, 0.3) is 0 Å². The van der Waals surface area contributed by atoms with Gasteiger partial charge >= 0.3 is 5.97 Å². The van der Waals surface area contributed by atoms with Gasteiger partial charge in [0, 0.05) is 11.4 Å². The summed E-state index contributed by atoms with van der Waals surface area (Å²) >= 11 is 1.48. The van der Waals surface area contributed by atoms with Crippen molar-refractivity contribution >= 4 is 28.2 Å². The predicted octanol–water partition coefficient (Wildman–Crippen LogP) is 2.34. The van der Waals surface area contributed by atoms with Gasteiger partial charge in [-0.1, -0.05) is 0 Å². The summed E-state index contributed by atoms with van der Waals surface area (Å²) in [6, 6.07) is 0. The maximum absolute atomic E-state index is 12.3. The first-order chi connectivity index (χ1) is 9.90. The summed E-state index contributed by atoms with van der Waals surface area (Å²) < 4.78 is 5.14. The second kappa shape index (κ2) is 6.15. The highest BCUT2D eigenvalue weighted by atomic mass is 32.1. The van der Waals surface area contributed by atoms with Gasteiger partial charge in [-0.05, 0) is 45.6 Å². The Balaban J connectivity index is 2.32. The zero-order valence-corrected chi connectivity index (χ0v) is 13.6. The molecule has 0 atom stereocenters. The third-order valence-electron chi connectivity index (χ3n) is 3.75. The van der Waals surface area contributed by atoms with Gasteiger partial charge in [-0.15, -0.1) is 11.3 Å². The van der Waals surface area contributed by atoms with Gasteiger partial charge in [-0.25, -0.2) is 4.79 Å². The summed E-state index contributed by atoms with van der Waals surface area (Å²) in [6.45, 7) is 5.92. The first kappa shape index (κ1) is 16.0. The number of hydrogen-bond donors (Lipinski definition) is 2. The zero-order chi connectivity index (χ0) is 15.6. The second-order valence-corrected chi connectivity index (χ2v) is 6.93. The fraction of sp³-hybridized carbons (Fsp3) is 0.600. The predicted molar refractivity (Wildman–Crippen MR) is 83.8 cm³/mol. The molecule has 0 fully saturated rings. The molecule has 0 aliphatic heterocycles. The van der Waals surface area contributed by atoms with Crippen LogP contribution in [0.5, 0.6) is 0 Å². The topological polar surface area (TPSA) is 81.4 Å². The Labute approximate surface area is 128 Å². The van der Waals surface area contributed by atoms with Crippen LogP contribution >= 0.6 is 11.3 Å². The first-order valence-corrected chi connectivity index (χ1v) is 8.05. The molecule has 21 heavy (non-hydrogen) atoms. The summed E-state index contributed by atoms with van der Waals surface area (Å²) in [6.07, 6.45) is 2.88. The highest BCUT2D eigenvalue weighted by molar-refractivity contribution is 7.17. The Morgan fingerprint density at radius 3 is 2.71 bits per heavy atom. The fourth-order valence-electron chi connectivity index (χ4n) is 2.28. The Hall–Kier alpha value is -1.40. The average molecular weight is 310 g/mol. The van der Waals surface area contributed by atoms with E-state index < -0.39 is 5.41 Å². The van der Waals surface area contributed by atoms with Crippen molar-refractivity contribution in [3.05, 3.63) is 16.0 Å². The molecule has 2 rings (SSSR count). The lowest BCUT2D eigenvalue weighted by Crippen LogP contribution is -2.37. The molecule has 3 N–H and O–H groups in total. The van der Waals surface area contributed by atoms with E-state index in [4.69, 9.17) is 10.5 Å². The average Bonchev–Trinajstić information content (AvgIpc) is 2.98. The van der Waals surface area contributed by atoms with Gasteiger partial charge in [0.15, 0.2) is 0 Å². The third-order valence-corrected chi connectivity index (χ3v) is 4.96. The Morgan fingerprint density at radius 2 is 2.10 bits per heavy atom. The van der Waals surface area contributed by atoms with Crippen molar-refractivity contribution in [3.8, 4) is 0 Å². The van der Waals surface area contributed by atoms with Crippen molar-refractivity contribution in [1.82, 2.24) is 0 Å². The minimum Gasteiger partial charge on any atom is -0.462 e. The standard InChI is InChI=1S/C15H22N2O3S/c1-4-20-13(18)11-9-6-5-7-10(9)21-12(11)17-14(19)15(2,3)8-16/h4-8,16H2,1-3H3,(H,17,19). The van der Waals surface area contributed by atoms with Crippen LogP contribution < -0.4 is 11.1 Å². The number of rotatable bonds is 5. The van der Waals surface area contributed by atoms with Gasteiger partial charge in [0.25, 0.3) is 0 Å². The van der Waals surface area contributed by atoms with Gasteiger partial charge < -0.3 is 15.8 Å². The molecule has 0 spiro atoms. The molecule has 0 aromatic carbocycles. The molecule has 0 bridgehead atoms. The molecule has 1 heterocycles. The number of esters is 1. The Kier molecular flexibility index (Phi) is 4.68. The van der Waals surface area contributed by atoms with E-state index in [0.29, 0.717) is 17.2 Å². The quantitative estimate of drug-likeness (QED) is 0.818. The summed E-state index contributed by atoms with van der Waals surface area (Å²) in [5, 5.41) is 3.47. The van der Waals surface area contributed by atoms with Crippen molar-refractivity contribution in [2.45, 2.75) is 40.0 Å². The van der Waals surface area contributed by atoms with Crippen LogP contribution in [-0.2, 0) is 22.4 Å². The molecule has 1 aromatic rings. The number of nitrogens with two attached hydrogens (primary N) is 1. The number of carbonyl (C=O) groups excluding carboxylic acids is 2. The number of fused-ring (bicyclic) bond motifs is 1. The number of thiophene rings is 1. The van der Waals surface area contributed by atoms with Crippen LogP contribution in [0.1, 0.15) is 48.0 Å². The van der Waals surface area contributed by atoms with E-state index in [9.17, 15) is 9.59 Å². The summed E-state index contributed by atoms with van der Waals surface area (Å²) in [4.78, 5) is 25.7. The molecule has 1 amide bonds. The SMILES string of the molecule is CCOC(=O)c1c(NC(=O)C(C)(C)CN)sc2c1CCC2. The maximum Gasteiger partial charge on any atom is 0.341 e. The lowest BCUT2D eigenvalue weighted by Gasteiger charge is -2.21. The number of aryl methyl sites for hydroxylation is 1. The number of hydrogen-bond acceptors (Lipinski definition) is 5. The molecule has 5 nitrogen and oxygen atoms in total. The normalized spacial score (nSPS) is 13.9. The van der Waals surface area contributed by atoms with E-state index in [1.54, 1.807) is 20.8 Å². The van der Waals surface area contributed by atoms with Crippen LogP contribution in [0.2, 0.25) is 0 Å². The molecule has 116 valence electrons. The molecule has 0 saturated carbocycles.